The van der Waals surface area contributed by atoms with Crippen LogP contribution in [0.25, 0.3) is 6.08 Å². The number of rotatable bonds is 7. The van der Waals surface area contributed by atoms with Crippen LogP contribution in [-0.4, -0.2) is 22.8 Å². The zero-order valence-corrected chi connectivity index (χ0v) is 18.3. The molecule has 0 unspecified atom stereocenters. The number of carbonyl (C=O) groups is 3. The lowest BCUT2D eigenvalue weighted by atomic mass is 10.1. The topological polar surface area (TPSA) is 99.3 Å². The molecular weight excluding hydrogens is 412 g/mol. The van der Waals surface area contributed by atoms with Gasteiger partial charge in [-0.05, 0) is 61.5 Å². The number of thiocarbonyl (C=S) groups is 1. The van der Waals surface area contributed by atoms with E-state index in [1.54, 1.807) is 30.3 Å². The summed E-state index contributed by atoms with van der Waals surface area (Å²) in [7, 11) is 0. The number of hydrazine groups is 1. The molecule has 0 aliphatic heterocycles. The Hall–Kier alpha value is -3.52. The van der Waals surface area contributed by atoms with Crippen molar-refractivity contribution in [2.45, 2.75) is 33.1 Å². The van der Waals surface area contributed by atoms with E-state index in [9.17, 15) is 14.4 Å². The van der Waals surface area contributed by atoms with Crippen molar-refractivity contribution < 1.29 is 14.4 Å². The van der Waals surface area contributed by atoms with E-state index in [4.69, 9.17) is 12.2 Å². The molecule has 8 heteroatoms. The van der Waals surface area contributed by atoms with Gasteiger partial charge in [0.1, 0.15) is 0 Å². The van der Waals surface area contributed by atoms with E-state index in [-0.39, 0.29) is 11.0 Å². The van der Waals surface area contributed by atoms with Gasteiger partial charge in [-0.1, -0.05) is 43.2 Å². The lowest BCUT2D eigenvalue weighted by molar-refractivity contribution is -0.116. The molecule has 0 radical (unpaired) electrons. The Labute approximate surface area is 187 Å². The van der Waals surface area contributed by atoms with Gasteiger partial charge in [0.05, 0.1) is 0 Å². The van der Waals surface area contributed by atoms with Crippen molar-refractivity contribution in [2.24, 2.45) is 0 Å². The molecule has 0 saturated heterocycles. The van der Waals surface area contributed by atoms with E-state index in [0.29, 0.717) is 17.7 Å². The Bertz CT molecular complexity index is 954. The minimum atomic E-state index is -0.435. The summed E-state index contributed by atoms with van der Waals surface area (Å²) in [6.45, 7) is 4.01. The summed E-state index contributed by atoms with van der Waals surface area (Å²) in [6, 6.07) is 14.2. The van der Waals surface area contributed by atoms with Crippen LogP contribution in [-0.2, 0) is 9.59 Å². The first-order valence-corrected chi connectivity index (χ1v) is 10.3. The highest BCUT2D eigenvalue weighted by atomic mass is 32.1. The van der Waals surface area contributed by atoms with Crippen LogP contribution in [0.4, 0.5) is 5.69 Å². The molecule has 0 aromatic heterocycles. The number of carbonyl (C=O) groups excluding carboxylic acids is 3. The number of benzene rings is 2. The van der Waals surface area contributed by atoms with E-state index in [2.05, 4.69) is 21.5 Å². The quantitative estimate of drug-likeness (QED) is 0.301. The molecule has 3 amide bonds. The molecule has 0 spiro atoms. The van der Waals surface area contributed by atoms with Crippen molar-refractivity contribution >= 4 is 46.8 Å². The molecule has 2 aromatic carbocycles. The number of aryl methyl sites for hydroxylation is 1. The zero-order valence-electron chi connectivity index (χ0n) is 17.5. The Kier molecular flexibility index (Phi) is 9.38. The summed E-state index contributed by atoms with van der Waals surface area (Å²) in [6.07, 6.45) is 5.26. The van der Waals surface area contributed by atoms with Gasteiger partial charge in [0.15, 0.2) is 5.11 Å². The van der Waals surface area contributed by atoms with Crippen molar-refractivity contribution in [2.75, 3.05) is 5.32 Å². The van der Waals surface area contributed by atoms with Crippen LogP contribution in [0, 0.1) is 6.92 Å². The molecule has 0 aliphatic rings. The Morgan fingerprint density at radius 1 is 0.968 bits per heavy atom. The van der Waals surface area contributed by atoms with E-state index >= 15 is 0 Å². The van der Waals surface area contributed by atoms with Gasteiger partial charge in [0.25, 0.3) is 5.91 Å². The Morgan fingerprint density at radius 2 is 1.65 bits per heavy atom. The third kappa shape index (κ3) is 8.79. The number of unbranched alkanes of at least 4 members (excludes halogenated alkanes) is 1. The van der Waals surface area contributed by atoms with Gasteiger partial charge in [-0.15, -0.1) is 0 Å². The van der Waals surface area contributed by atoms with Gasteiger partial charge in [-0.25, -0.2) is 0 Å². The highest BCUT2D eigenvalue weighted by Crippen LogP contribution is 2.10. The fourth-order valence-electron chi connectivity index (χ4n) is 2.49. The molecule has 2 rings (SSSR count). The average molecular weight is 439 g/mol. The van der Waals surface area contributed by atoms with Crippen molar-refractivity contribution in [3.8, 4) is 0 Å². The minimum absolute atomic E-state index is 0.0355. The number of nitrogens with one attached hydrogen (secondary N) is 4. The lowest BCUT2D eigenvalue weighted by Crippen LogP contribution is -2.48. The monoisotopic (exact) mass is 438 g/mol. The van der Waals surface area contributed by atoms with Crippen molar-refractivity contribution in [1.82, 2.24) is 16.2 Å². The first kappa shape index (κ1) is 23.8. The number of hydrogen-bond donors (Lipinski definition) is 4. The van der Waals surface area contributed by atoms with Gasteiger partial charge in [0, 0.05) is 23.7 Å². The van der Waals surface area contributed by atoms with Crippen LogP contribution in [0.3, 0.4) is 0 Å². The number of anilines is 1. The number of amides is 3. The van der Waals surface area contributed by atoms with Crippen LogP contribution in [0.5, 0.6) is 0 Å². The highest BCUT2D eigenvalue weighted by molar-refractivity contribution is 7.80. The molecule has 0 bridgehead atoms. The van der Waals surface area contributed by atoms with E-state index in [1.807, 2.05) is 38.1 Å². The average Bonchev–Trinajstić information content (AvgIpc) is 2.76. The molecule has 31 heavy (non-hydrogen) atoms. The first-order valence-electron chi connectivity index (χ1n) is 9.93. The predicted molar refractivity (Wildman–Crippen MR) is 126 cm³/mol. The molecule has 0 atom stereocenters. The number of hydrogen-bond acceptors (Lipinski definition) is 4. The second-order valence-electron chi connectivity index (χ2n) is 6.87. The highest BCUT2D eigenvalue weighted by Gasteiger charge is 2.08. The minimum Gasteiger partial charge on any atom is -0.326 e. The van der Waals surface area contributed by atoms with Gasteiger partial charge in [0.2, 0.25) is 11.8 Å². The lowest BCUT2D eigenvalue weighted by Gasteiger charge is -2.10. The maximum atomic E-state index is 12.2. The normalized spacial score (nSPS) is 10.4. The van der Waals surface area contributed by atoms with Gasteiger partial charge in [-0.2, -0.15) is 0 Å². The standard InChI is InChI=1S/C23H26N4O3S/c1-3-4-5-20(28)24-19-13-11-18(12-14-19)22(30)26-27-23(31)25-21(29)15-10-17-8-6-16(2)7-9-17/h6-15H,3-5H2,1-2H3,(H,24,28)(H,26,30)(H2,25,27,29,31)/b15-10+. The molecular formula is C23H26N4O3S. The van der Waals surface area contributed by atoms with Crippen LogP contribution in [0.15, 0.2) is 54.6 Å². The van der Waals surface area contributed by atoms with Gasteiger partial charge in [-0.3, -0.25) is 30.6 Å². The first-order chi connectivity index (χ1) is 14.9. The molecule has 2 aromatic rings. The zero-order chi connectivity index (χ0) is 22.6. The van der Waals surface area contributed by atoms with Crippen LogP contribution in [0.1, 0.15) is 47.7 Å². The summed E-state index contributed by atoms with van der Waals surface area (Å²) >= 11 is 5.01. The summed E-state index contributed by atoms with van der Waals surface area (Å²) < 4.78 is 0. The maximum Gasteiger partial charge on any atom is 0.269 e. The molecule has 0 heterocycles. The van der Waals surface area contributed by atoms with E-state index in [1.165, 1.54) is 6.08 Å². The van der Waals surface area contributed by atoms with Crippen molar-refractivity contribution in [3.05, 3.63) is 71.3 Å². The third-order valence-corrected chi connectivity index (χ3v) is 4.42. The van der Waals surface area contributed by atoms with Crippen LogP contribution >= 0.6 is 12.2 Å². The van der Waals surface area contributed by atoms with E-state index < -0.39 is 11.8 Å². The summed E-state index contributed by atoms with van der Waals surface area (Å²) in [4.78, 5) is 35.9. The van der Waals surface area contributed by atoms with Crippen molar-refractivity contribution in [1.29, 1.82) is 0 Å². The van der Waals surface area contributed by atoms with E-state index in [0.717, 1.165) is 24.0 Å². The van der Waals surface area contributed by atoms with Crippen LogP contribution in [0.2, 0.25) is 0 Å². The molecule has 0 saturated carbocycles. The van der Waals surface area contributed by atoms with Gasteiger partial charge < -0.3 is 5.32 Å². The predicted octanol–water partition coefficient (Wildman–Crippen LogP) is 3.47. The Balaban J connectivity index is 1.76. The van der Waals surface area contributed by atoms with Gasteiger partial charge >= 0.3 is 0 Å². The summed E-state index contributed by atoms with van der Waals surface area (Å²) in [5, 5.41) is 5.19. The molecule has 162 valence electrons. The largest absolute Gasteiger partial charge is 0.326 e. The van der Waals surface area contributed by atoms with Crippen LogP contribution < -0.4 is 21.5 Å². The fourth-order valence-corrected chi connectivity index (χ4v) is 2.64. The third-order valence-electron chi connectivity index (χ3n) is 4.22. The fraction of sp³-hybridized carbons (Fsp3) is 0.217. The smallest absolute Gasteiger partial charge is 0.269 e. The molecule has 0 aliphatic carbocycles. The molecule has 0 fully saturated rings. The maximum absolute atomic E-state index is 12.2. The second kappa shape index (κ2) is 12.2. The van der Waals surface area contributed by atoms with Crippen molar-refractivity contribution in [3.63, 3.8) is 0 Å². The summed E-state index contributed by atoms with van der Waals surface area (Å²) in [5.41, 5.74) is 7.91. The second-order valence-corrected chi connectivity index (χ2v) is 7.28. The Morgan fingerprint density at radius 3 is 2.29 bits per heavy atom. The molecule has 7 nitrogen and oxygen atoms in total. The SMILES string of the molecule is CCCCC(=O)Nc1ccc(C(=O)NNC(=S)NC(=O)/C=C/c2ccc(C)cc2)cc1. The molecule has 4 N–H and O–H groups in total. The summed E-state index contributed by atoms with van der Waals surface area (Å²) in [5.74, 6) is -0.913.